The lowest BCUT2D eigenvalue weighted by molar-refractivity contribution is -0.115. The second-order valence-corrected chi connectivity index (χ2v) is 9.22. The van der Waals surface area contributed by atoms with Crippen LogP contribution in [0.1, 0.15) is 49.8 Å². The first-order valence-electron chi connectivity index (χ1n) is 12.1. The topological polar surface area (TPSA) is 46.1 Å². The summed E-state index contributed by atoms with van der Waals surface area (Å²) in [5.41, 5.74) is 7.27. The van der Waals surface area contributed by atoms with Crippen molar-refractivity contribution in [3.05, 3.63) is 83.9 Å². The first kappa shape index (κ1) is 20.1. The fourth-order valence-electron chi connectivity index (χ4n) is 5.86. The Kier molecular flexibility index (Phi) is 4.75. The van der Waals surface area contributed by atoms with Gasteiger partial charge in [-0.2, -0.15) is 0 Å². The van der Waals surface area contributed by atoms with Gasteiger partial charge in [-0.15, -0.1) is 0 Å². The number of amides is 1. The molecule has 1 aliphatic heterocycles. The summed E-state index contributed by atoms with van der Waals surface area (Å²) in [6.07, 6.45) is 6.21. The summed E-state index contributed by atoms with van der Waals surface area (Å²) in [6, 6.07) is 22.3. The van der Waals surface area contributed by atoms with Gasteiger partial charge < -0.3 is 15.2 Å². The van der Waals surface area contributed by atoms with Crippen LogP contribution in [0.4, 0.5) is 11.4 Å². The maximum absolute atomic E-state index is 11.9. The molecule has 1 amide bonds. The van der Waals surface area contributed by atoms with E-state index in [1.165, 1.54) is 38.6 Å². The van der Waals surface area contributed by atoms with Crippen LogP contribution in [0.25, 0.3) is 21.8 Å². The number of allylic oxidation sites excluding steroid dienone is 2. The molecule has 4 aromatic rings. The maximum atomic E-state index is 11.9. The minimum Gasteiger partial charge on any atom is -0.378 e. The Labute approximate surface area is 194 Å². The van der Waals surface area contributed by atoms with Gasteiger partial charge in [-0.25, -0.2) is 0 Å². The molecule has 4 heteroatoms. The average molecular weight is 436 g/mol. The van der Waals surface area contributed by atoms with Gasteiger partial charge >= 0.3 is 0 Å². The molecule has 6 rings (SSSR count). The number of carbonyl (C=O) groups excluding carboxylic acids is 1. The van der Waals surface area contributed by atoms with E-state index in [-0.39, 0.29) is 11.9 Å². The van der Waals surface area contributed by atoms with Crippen molar-refractivity contribution < 1.29 is 4.79 Å². The quantitative estimate of drug-likeness (QED) is 0.339. The van der Waals surface area contributed by atoms with Gasteiger partial charge in [0.15, 0.2) is 0 Å². The smallest absolute Gasteiger partial charge is 0.224 e. The van der Waals surface area contributed by atoms with Gasteiger partial charge in [-0.05, 0) is 66.8 Å². The predicted octanol–water partition coefficient (Wildman–Crippen LogP) is 6.99. The van der Waals surface area contributed by atoms with Gasteiger partial charge in [0.2, 0.25) is 5.91 Å². The monoisotopic (exact) mass is 435 g/mol. The zero-order valence-corrected chi connectivity index (χ0v) is 19.1. The molecule has 0 bridgehead atoms. The van der Waals surface area contributed by atoms with Crippen LogP contribution in [-0.2, 0) is 11.3 Å². The van der Waals surface area contributed by atoms with E-state index in [1.54, 1.807) is 0 Å². The van der Waals surface area contributed by atoms with Crippen LogP contribution in [0.5, 0.6) is 0 Å². The van der Waals surface area contributed by atoms with Crippen molar-refractivity contribution in [1.82, 2.24) is 4.57 Å². The van der Waals surface area contributed by atoms with E-state index in [1.807, 2.05) is 13.0 Å². The minimum atomic E-state index is 0.0506. The predicted molar refractivity (Wildman–Crippen MR) is 137 cm³/mol. The Morgan fingerprint density at radius 1 is 1.03 bits per heavy atom. The standard InChI is InChI=1S/C29H29N3O/c1-3-28(33)30-19-13-14-25-23(17-19)20-9-7-10-22(20)29(31-25)18-12-15-27-24(16-18)21-8-5-6-11-26(21)32(27)4-2/h5-9,11-17,20,22,29,31H,3-4,10H2,1-2H3,(H,30,33). The lowest BCUT2D eigenvalue weighted by Crippen LogP contribution is -2.29. The fraction of sp³-hybridized carbons (Fsp3) is 0.276. The molecule has 2 N–H and O–H groups in total. The van der Waals surface area contributed by atoms with E-state index in [2.05, 4.69) is 88.9 Å². The third-order valence-electron chi connectivity index (χ3n) is 7.44. The van der Waals surface area contributed by atoms with Gasteiger partial charge in [0, 0.05) is 52.1 Å². The molecule has 2 heterocycles. The Hall–Kier alpha value is -3.53. The summed E-state index contributed by atoms with van der Waals surface area (Å²) in [4.78, 5) is 11.9. The molecule has 1 aromatic heterocycles. The van der Waals surface area contributed by atoms with Gasteiger partial charge in [0.05, 0.1) is 6.04 Å². The van der Waals surface area contributed by atoms with E-state index in [9.17, 15) is 4.79 Å². The van der Waals surface area contributed by atoms with Crippen LogP contribution in [-0.4, -0.2) is 10.5 Å². The van der Waals surface area contributed by atoms with Crippen LogP contribution < -0.4 is 10.6 Å². The summed E-state index contributed by atoms with van der Waals surface area (Å²) in [7, 11) is 0. The summed E-state index contributed by atoms with van der Waals surface area (Å²) >= 11 is 0. The Balaban J connectivity index is 1.42. The first-order valence-corrected chi connectivity index (χ1v) is 12.1. The normalized spacial score (nSPS) is 21.1. The van der Waals surface area contributed by atoms with E-state index in [0.717, 1.165) is 18.7 Å². The highest BCUT2D eigenvalue weighted by Crippen LogP contribution is 2.50. The van der Waals surface area contributed by atoms with Crippen LogP contribution in [0.15, 0.2) is 72.8 Å². The largest absolute Gasteiger partial charge is 0.378 e. The summed E-state index contributed by atoms with van der Waals surface area (Å²) in [6.45, 7) is 5.06. The van der Waals surface area contributed by atoms with Crippen LogP contribution in [0.2, 0.25) is 0 Å². The molecule has 2 aliphatic rings. The lowest BCUT2D eigenvalue weighted by atomic mass is 9.76. The molecule has 3 unspecified atom stereocenters. The molecule has 0 radical (unpaired) electrons. The van der Waals surface area contributed by atoms with E-state index in [4.69, 9.17) is 0 Å². The van der Waals surface area contributed by atoms with Gasteiger partial charge in [-0.1, -0.05) is 43.3 Å². The molecule has 33 heavy (non-hydrogen) atoms. The number of para-hydroxylation sites is 1. The van der Waals surface area contributed by atoms with Gasteiger partial charge in [0.1, 0.15) is 0 Å². The van der Waals surface area contributed by atoms with Crippen molar-refractivity contribution in [3.63, 3.8) is 0 Å². The van der Waals surface area contributed by atoms with Gasteiger partial charge in [-0.3, -0.25) is 4.79 Å². The number of rotatable bonds is 4. The molecule has 3 aromatic carbocycles. The Bertz CT molecular complexity index is 1410. The molecule has 0 saturated carbocycles. The Morgan fingerprint density at radius 3 is 2.73 bits per heavy atom. The first-order chi connectivity index (χ1) is 16.2. The highest BCUT2D eigenvalue weighted by molar-refractivity contribution is 6.08. The maximum Gasteiger partial charge on any atom is 0.224 e. The number of nitrogens with one attached hydrogen (secondary N) is 2. The fourth-order valence-corrected chi connectivity index (χ4v) is 5.86. The second kappa shape index (κ2) is 7.80. The number of hydrogen-bond acceptors (Lipinski definition) is 2. The Morgan fingerprint density at radius 2 is 1.88 bits per heavy atom. The molecule has 0 spiro atoms. The van der Waals surface area contributed by atoms with Crippen molar-refractivity contribution in [2.45, 2.75) is 45.2 Å². The molecule has 3 atom stereocenters. The van der Waals surface area contributed by atoms with E-state index in [0.29, 0.717) is 18.3 Å². The third kappa shape index (κ3) is 3.16. The van der Waals surface area contributed by atoms with E-state index < -0.39 is 0 Å². The van der Waals surface area contributed by atoms with Crippen LogP contribution in [0, 0.1) is 5.92 Å². The zero-order valence-electron chi connectivity index (χ0n) is 19.1. The number of nitrogens with zero attached hydrogens (tertiary/aromatic N) is 1. The van der Waals surface area contributed by atoms with E-state index >= 15 is 0 Å². The second-order valence-electron chi connectivity index (χ2n) is 9.22. The highest BCUT2D eigenvalue weighted by Gasteiger charge is 2.38. The summed E-state index contributed by atoms with van der Waals surface area (Å²) in [5.74, 6) is 0.874. The van der Waals surface area contributed by atoms with Crippen molar-refractivity contribution in [3.8, 4) is 0 Å². The molecule has 1 aliphatic carbocycles. The average Bonchev–Trinajstić information content (AvgIpc) is 3.46. The van der Waals surface area contributed by atoms with Crippen molar-refractivity contribution in [2.75, 3.05) is 10.6 Å². The number of aryl methyl sites for hydroxylation is 1. The molecule has 0 saturated heterocycles. The minimum absolute atomic E-state index is 0.0506. The third-order valence-corrected chi connectivity index (χ3v) is 7.44. The zero-order chi connectivity index (χ0) is 22.5. The van der Waals surface area contributed by atoms with Crippen molar-refractivity contribution in [2.24, 2.45) is 5.92 Å². The number of hydrogen-bond donors (Lipinski definition) is 2. The summed E-state index contributed by atoms with van der Waals surface area (Å²) < 4.78 is 2.41. The van der Waals surface area contributed by atoms with Crippen molar-refractivity contribution >= 4 is 39.1 Å². The highest BCUT2D eigenvalue weighted by atomic mass is 16.1. The molecule has 166 valence electrons. The number of carbonyl (C=O) groups is 1. The van der Waals surface area contributed by atoms with Crippen LogP contribution >= 0.6 is 0 Å². The lowest BCUT2D eigenvalue weighted by Gasteiger charge is -2.38. The van der Waals surface area contributed by atoms with Crippen LogP contribution in [0.3, 0.4) is 0 Å². The summed E-state index contributed by atoms with van der Waals surface area (Å²) in [5, 5.41) is 9.52. The molecule has 4 nitrogen and oxygen atoms in total. The van der Waals surface area contributed by atoms with Gasteiger partial charge in [0.25, 0.3) is 0 Å². The molecule has 0 fully saturated rings. The number of anilines is 2. The number of benzene rings is 3. The molecular formula is C29H29N3O. The molecular weight excluding hydrogens is 406 g/mol. The number of fused-ring (bicyclic) bond motifs is 6. The van der Waals surface area contributed by atoms with Crippen molar-refractivity contribution in [1.29, 1.82) is 0 Å². The SMILES string of the molecule is CCC(=O)Nc1ccc2c(c1)C1C=CCC1C(c1ccc3c(c1)c1ccccc1n3CC)N2. The number of aromatic nitrogens is 1.